The van der Waals surface area contributed by atoms with Gasteiger partial charge in [-0.25, -0.2) is 4.79 Å². The normalized spacial score (nSPS) is 20.9. The van der Waals surface area contributed by atoms with Gasteiger partial charge >= 0.3 is 12.2 Å². The molecule has 0 radical (unpaired) electrons. The zero-order chi connectivity index (χ0) is 15.9. The van der Waals surface area contributed by atoms with Crippen LogP contribution in [0.2, 0.25) is 0 Å². The number of alkyl halides is 3. The average Bonchev–Trinajstić information content (AvgIpc) is 2.55. The van der Waals surface area contributed by atoms with Gasteiger partial charge in [-0.2, -0.15) is 13.2 Å². The highest BCUT2D eigenvalue weighted by atomic mass is 19.4. The number of carbonyl (C=O) groups excluding carboxylic acids is 1. The van der Waals surface area contributed by atoms with Crippen molar-refractivity contribution in [2.75, 3.05) is 20.1 Å². The van der Waals surface area contributed by atoms with Crippen LogP contribution in [0.1, 0.15) is 20.8 Å². The van der Waals surface area contributed by atoms with Gasteiger partial charge in [0.1, 0.15) is 0 Å². The summed E-state index contributed by atoms with van der Waals surface area (Å²) >= 11 is 0. The SMILES string of the molecule is C=CC.CC1CN(C)C(=O)N1C/C=C/C(C)C(F)(F)F. The summed E-state index contributed by atoms with van der Waals surface area (Å²) in [6, 6.07) is -0.0971. The van der Waals surface area contributed by atoms with E-state index in [2.05, 4.69) is 6.58 Å². The number of rotatable bonds is 3. The van der Waals surface area contributed by atoms with Crippen LogP contribution in [0.15, 0.2) is 24.8 Å². The second-order valence-electron chi connectivity index (χ2n) is 4.83. The molecule has 1 heterocycles. The molecule has 1 saturated heterocycles. The number of carbonyl (C=O) groups is 1. The van der Waals surface area contributed by atoms with Crippen LogP contribution in [0.4, 0.5) is 18.0 Å². The molecular formula is C14H23F3N2O. The second kappa shape index (κ2) is 7.97. The van der Waals surface area contributed by atoms with Crippen LogP contribution in [0.3, 0.4) is 0 Å². The molecule has 1 rings (SSSR count). The molecular weight excluding hydrogens is 269 g/mol. The van der Waals surface area contributed by atoms with Crippen molar-refractivity contribution in [1.82, 2.24) is 9.80 Å². The first-order valence-corrected chi connectivity index (χ1v) is 6.47. The van der Waals surface area contributed by atoms with E-state index < -0.39 is 12.1 Å². The summed E-state index contributed by atoms with van der Waals surface area (Å²) < 4.78 is 36.7. The fourth-order valence-electron chi connectivity index (χ4n) is 1.73. The highest BCUT2D eigenvalue weighted by molar-refractivity contribution is 5.76. The first-order valence-electron chi connectivity index (χ1n) is 6.47. The van der Waals surface area contributed by atoms with Crippen molar-refractivity contribution >= 4 is 6.03 Å². The minimum absolute atomic E-state index is 0.0401. The predicted molar refractivity (Wildman–Crippen MR) is 74.4 cm³/mol. The number of hydrogen-bond donors (Lipinski definition) is 0. The molecule has 116 valence electrons. The van der Waals surface area contributed by atoms with E-state index in [1.807, 2.05) is 13.8 Å². The summed E-state index contributed by atoms with van der Waals surface area (Å²) in [5.74, 6) is -1.48. The molecule has 0 N–H and O–H groups in total. The van der Waals surface area contributed by atoms with Crippen LogP contribution < -0.4 is 0 Å². The summed E-state index contributed by atoms with van der Waals surface area (Å²) in [5, 5.41) is 0. The molecule has 0 spiro atoms. The fourth-order valence-corrected chi connectivity index (χ4v) is 1.73. The van der Waals surface area contributed by atoms with Crippen LogP contribution in [0.25, 0.3) is 0 Å². The van der Waals surface area contributed by atoms with Crippen LogP contribution >= 0.6 is 0 Å². The standard InChI is InChI=1S/C11H17F3N2O.C3H6/c1-8(11(12,13)14)5-4-6-16-9(2)7-15(3)10(16)17;1-3-2/h4-5,8-9H,6-7H2,1-3H3;3H,1H2,2H3/b5-4+;. The summed E-state index contributed by atoms with van der Waals surface area (Å²) in [6.45, 7) is 9.06. The van der Waals surface area contributed by atoms with E-state index in [4.69, 9.17) is 0 Å². The Kier molecular flexibility index (Phi) is 7.39. The Hall–Kier alpha value is -1.46. The van der Waals surface area contributed by atoms with Gasteiger partial charge in [0.05, 0.1) is 5.92 Å². The van der Waals surface area contributed by atoms with Crippen molar-refractivity contribution < 1.29 is 18.0 Å². The van der Waals surface area contributed by atoms with Gasteiger partial charge in [-0.3, -0.25) is 0 Å². The number of halogens is 3. The topological polar surface area (TPSA) is 23.6 Å². The first-order chi connectivity index (χ1) is 9.15. The van der Waals surface area contributed by atoms with Gasteiger partial charge in [0.25, 0.3) is 0 Å². The highest BCUT2D eigenvalue weighted by Crippen LogP contribution is 2.26. The maximum absolute atomic E-state index is 12.2. The predicted octanol–water partition coefficient (Wildman–Crippen LogP) is 3.69. The Balaban J connectivity index is 0.00000110. The van der Waals surface area contributed by atoms with Crippen molar-refractivity contribution in [3.63, 3.8) is 0 Å². The average molecular weight is 292 g/mol. The van der Waals surface area contributed by atoms with Gasteiger partial charge in [0.15, 0.2) is 0 Å². The Labute approximate surface area is 118 Å². The van der Waals surface area contributed by atoms with E-state index in [1.165, 1.54) is 6.08 Å². The molecule has 6 heteroatoms. The maximum Gasteiger partial charge on any atom is 0.394 e. The van der Waals surface area contributed by atoms with Crippen LogP contribution in [0.5, 0.6) is 0 Å². The Morgan fingerprint density at radius 3 is 2.35 bits per heavy atom. The molecule has 0 aromatic heterocycles. The van der Waals surface area contributed by atoms with Crippen molar-refractivity contribution in [3.05, 3.63) is 24.8 Å². The van der Waals surface area contributed by atoms with Crippen LogP contribution in [0, 0.1) is 5.92 Å². The van der Waals surface area contributed by atoms with Gasteiger partial charge in [-0.05, 0) is 13.8 Å². The van der Waals surface area contributed by atoms with E-state index in [1.54, 1.807) is 22.9 Å². The van der Waals surface area contributed by atoms with Crippen LogP contribution in [-0.4, -0.2) is 48.2 Å². The zero-order valence-electron chi connectivity index (χ0n) is 12.4. The molecule has 1 aliphatic rings. The molecule has 20 heavy (non-hydrogen) atoms. The number of nitrogens with zero attached hydrogens (tertiary/aromatic N) is 2. The lowest BCUT2D eigenvalue weighted by atomic mass is 10.1. The Morgan fingerprint density at radius 1 is 1.50 bits per heavy atom. The summed E-state index contributed by atoms with van der Waals surface area (Å²) in [4.78, 5) is 14.7. The van der Waals surface area contributed by atoms with E-state index >= 15 is 0 Å². The second-order valence-corrected chi connectivity index (χ2v) is 4.83. The quantitative estimate of drug-likeness (QED) is 0.728. The third kappa shape index (κ3) is 5.67. The highest BCUT2D eigenvalue weighted by Gasteiger charge is 2.34. The summed E-state index contributed by atoms with van der Waals surface area (Å²) in [6.07, 6.45) is 0.0396. The number of allylic oxidation sites excluding steroid dienone is 2. The van der Waals surface area contributed by atoms with Gasteiger partial charge < -0.3 is 9.80 Å². The van der Waals surface area contributed by atoms with Crippen molar-refractivity contribution in [2.24, 2.45) is 5.92 Å². The molecule has 3 nitrogen and oxygen atoms in total. The molecule has 0 aromatic rings. The number of urea groups is 1. The molecule has 0 aliphatic carbocycles. The smallest absolute Gasteiger partial charge is 0.326 e. The van der Waals surface area contributed by atoms with Gasteiger partial charge in [0, 0.05) is 26.2 Å². The number of hydrogen-bond acceptors (Lipinski definition) is 1. The van der Waals surface area contributed by atoms with Gasteiger partial charge in [-0.15, -0.1) is 6.58 Å². The monoisotopic (exact) mass is 292 g/mol. The summed E-state index contributed by atoms with van der Waals surface area (Å²) in [5.41, 5.74) is 0. The molecule has 1 fully saturated rings. The Bertz CT molecular complexity index is 353. The van der Waals surface area contributed by atoms with Crippen molar-refractivity contribution in [2.45, 2.75) is 33.0 Å². The van der Waals surface area contributed by atoms with E-state index in [0.29, 0.717) is 6.54 Å². The lowest BCUT2D eigenvalue weighted by Crippen LogP contribution is -2.33. The van der Waals surface area contributed by atoms with Crippen LogP contribution in [-0.2, 0) is 0 Å². The van der Waals surface area contributed by atoms with Crippen molar-refractivity contribution in [1.29, 1.82) is 0 Å². The first kappa shape index (κ1) is 18.5. The number of likely N-dealkylation sites (N-methyl/N-ethyl adjacent to an activating group) is 1. The third-order valence-electron chi connectivity index (χ3n) is 2.89. The molecule has 2 atom stereocenters. The molecule has 2 amide bonds. The van der Waals surface area contributed by atoms with E-state index in [0.717, 1.165) is 13.0 Å². The number of amides is 2. The minimum atomic E-state index is -4.21. The molecule has 0 saturated carbocycles. The van der Waals surface area contributed by atoms with Gasteiger partial charge in [0.2, 0.25) is 0 Å². The molecule has 0 aromatic carbocycles. The maximum atomic E-state index is 12.2. The lowest BCUT2D eigenvalue weighted by Gasteiger charge is -2.18. The largest absolute Gasteiger partial charge is 0.394 e. The van der Waals surface area contributed by atoms with Crippen molar-refractivity contribution in [3.8, 4) is 0 Å². The van der Waals surface area contributed by atoms with Gasteiger partial charge in [-0.1, -0.05) is 25.2 Å². The van der Waals surface area contributed by atoms with E-state index in [9.17, 15) is 18.0 Å². The fraction of sp³-hybridized carbons (Fsp3) is 0.643. The third-order valence-corrected chi connectivity index (χ3v) is 2.89. The molecule has 2 unspecified atom stereocenters. The lowest BCUT2D eigenvalue weighted by molar-refractivity contribution is -0.156. The minimum Gasteiger partial charge on any atom is -0.326 e. The zero-order valence-corrected chi connectivity index (χ0v) is 12.4. The van der Waals surface area contributed by atoms with E-state index in [-0.39, 0.29) is 18.6 Å². The molecule has 1 aliphatic heterocycles. The molecule has 0 bridgehead atoms. The summed E-state index contributed by atoms with van der Waals surface area (Å²) in [7, 11) is 1.68. The Morgan fingerprint density at radius 2 is 2.00 bits per heavy atom.